The quantitative estimate of drug-likeness (QED) is 0.653. The van der Waals surface area contributed by atoms with Crippen LogP contribution in [-0.4, -0.2) is 24.7 Å². The third-order valence-electron chi connectivity index (χ3n) is 3.86. The number of aryl methyl sites for hydroxylation is 2. The number of nitrogens with one attached hydrogen (secondary N) is 2. The smallest absolute Gasteiger partial charge is 0.172 e. The van der Waals surface area contributed by atoms with Crippen LogP contribution in [0.25, 0.3) is 0 Å². The van der Waals surface area contributed by atoms with Gasteiger partial charge >= 0.3 is 0 Å². The molecule has 2 heterocycles. The summed E-state index contributed by atoms with van der Waals surface area (Å²) in [7, 11) is 1.89. The number of anilines is 1. The van der Waals surface area contributed by atoms with Gasteiger partial charge in [0.1, 0.15) is 5.82 Å². The maximum Gasteiger partial charge on any atom is 0.172 e. The second kappa shape index (κ2) is 7.84. The molecule has 9 heteroatoms. The Kier molecular flexibility index (Phi) is 5.53. The van der Waals surface area contributed by atoms with Crippen LogP contribution < -0.4 is 10.6 Å². The Labute approximate surface area is 161 Å². The van der Waals surface area contributed by atoms with Crippen molar-refractivity contribution in [3.63, 3.8) is 0 Å². The molecule has 0 spiro atoms. The average molecular weight is 393 g/mol. The van der Waals surface area contributed by atoms with E-state index in [1.807, 2.05) is 24.7 Å². The van der Waals surface area contributed by atoms with Crippen LogP contribution in [-0.2, 0) is 20.1 Å². The van der Waals surface area contributed by atoms with Crippen molar-refractivity contribution in [2.75, 3.05) is 5.32 Å². The molecule has 0 atom stereocenters. The zero-order chi connectivity index (χ0) is 18.7. The van der Waals surface area contributed by atoms with Gasteiger partial charge in [0, 0.05) is 35.6 Å². The van der Waals surface area contributed by atoms with Gasteiger partial charge in [-0.25, -0.2) is 4.39 Å². The minimum Gasteiger partial charge on any atom is -0.357 e. The molecule has 0 aliphatic carbocycles. The number of nitrogens with zero attached hydrogens (tertiary/aromatic N) is 4. The standard InChI is InChI=1S/C17H18ClFN6S/c1-11-8-12(22-24(11)2)9-20-17(26)21-16-6-7-25(23-16)10-13-14(18)4-3-5-15(13)19/h3-8H,9-10H2,1-2H3,(H2,20,21,23,26). The molecule has 2 N–H and O–H groups in total. The van der Waals surface area contributed by atoms with Crippen LogP contribution in [0.2, 0.25) is 5.02 Å². The van der Waals surface area contributed by atoms with Crippen molar-refractivity contribution in [1.29, 1.82) is 0 Å². The van der Waals surface area contributed by atoms with E-state index in [2.05, 4.69) is 20.8 Å². The molecule has 0 saturated carbocycles. The summed E-state index contributed by atoms with van der Waals surface area (Å²) in [6.45, 7) is 2.74. The Balaban J connectivity index is 1.57. The average Bonchev–Trinajstić information content (AvgIpc) is 3.16. The molecule has 2 aromatic heterocycles. The van der Waals surface area contributed by atoms with Gasteiger partial charge in [-0.15, -0.1) is 0 Å². The summed E-state index contributed by atoms with van der Waals surface area (Å²) in [4.78, 5) is 0. The predicted octanol–water partition coefficient (Wildman–Crippen LogP) is 3.25. The number of aromatic nitrogens is 4. The van der Waals surface area contributed by atoms with Gasteiger partial charge in [-0.1, -0.05) is 17.7 Å². The number of benzene rings is 1. The molecular weight excluding hydrogens is 375 g/mol. The van der Waals surface area contributed by atoms with Crippen molar-refractivity contribution in [2.45, 2.75) is 20.0 Å². The van der Waals surface area contributed by atoms with E-state index >= 15 is 0 Å². The summed E-state index contributed by atoms with van der Waals surface area (Å²) in [5, 5.41) is 15.6. The van der Waals surface area contributed by atoms with Gasteiger partial charge in [0.2, 0.25) is 0 Å². The van der Waals surface area contributed by atoms with E-state index in [1.54, 1.807) is 29.1 Å². The molecule has 0 fully saturated rings. The monoisotopic (exact) mass is 392 g/mol. The van der Waals surface area contributed by atoms with E-state index in [0.29, 0.717) is 28.1 Å². The van der Waals surface area contributed by atoms with E-state index in [1.165, 1.54) is 6.07 Å². The minimum absolute atomic E-state index is 0.237. The summed E-state index contributed by atoms with van der Waals surface area (Å²) in [5.74, 6) is 0.206. The van der Waals surface area contributed by atoms with Gasteiger partial charge in [-0.2, -0.15) is 10.2 Å². The molecule has 3 rings (SSSR count). The second-order valence-corrected chi connectivity index (χ2v) is 6.62. The van der Waals surface area contributed by atoms with E-state index in [-0.39, 0.29) is 12.4 Å². The molecule has 0 unspecified atom stereocenters. The van der Waals surface area contributed by atoms with Crippen molar-refractivity contribution in [3.05, 3.63) is 64.3 Å². The molecule has 136 valence electrons. The maximum absolute atomic E-state index is 13.9. The highest BCUT2D eigenvalue weighted by Crippen LogP contribution is 2.20. The second-order valence-electron chi connectivity index (χ2n) is 5.81. The van der Waals surface area contributed by atoms with Crippen molar-refractivity contribution >= 4 is 34.7 Å². The lowest BCUT2D eigenvalue weighted by molar-refractivity contribution is 0.586. The highest BCUT2D eigenvalue weighted by molar-refractivity contribution is 7.80. The van der Waals surface area contributed by atoms with Crippen LogP contribution in [0.15, 0.2) is 36.5 Å². The molecule has 0 radical (unpaired) electrons. The van der Waals surface area contributed by atoms with E-state index in [0.717, 1.165) is 11.4 Å². The molecule has 0 amide bonds. The lowest BCUT2D eigenvalue weighted by atomic mass is 10.2. The summed E-state index contributed by atoms with van der Waals surface area (Å²) in [5.41, 5.74) is 2.37. The van der Waals surface area contributed by atoms with Crippen molar-refractivity contribution < 1.29 is 4.39 Å². The lowest BCUT2D eigenvalue weighted by Crippen LogP contribution is -2.28. The van der Waals surface area contributed by atoms with Crippen molar-refractivity contribution in [1.82, 2.24) is 24.9 Å². The fourth-order valence-corrected chi connectivity index (χ4v) is 2.81. The molecular formula is C17H18ClFN6S. The highest BCUT2D eigenvalue weighted by atomic mass is 35.5. The zero-order valence-corrected chi connectivity index (χ0v) is 15.9. The third kappa shape index (κ3) is 4.39. The van der Waals surface area contributed by atoms with Gasteiger partial charge in [0.25, 0.3) is 0 Å². The first-order valence-electron chi connectivity index (χ1n) is 7.93. The number of halogens is 2. The fourth-order valence-electron chi connectivity index (χ4n) is 2.41. The maximum atomic E-state index is 13.9. The molecule has 0 saturated heterocycles. The van der Waals surface area contributed by atoms with Gasteiger partial charge in [0.15, 0.2) is 10.9 Å². The molecule has 6 nitrogen and oxygen atoms in total. The Morgan fingerprint density at radius 3 is 2.81 bits per heavy atom. The van der Waals surface area contributed by atoms with Crippen LogP contribution in [0.4, 0.5) is 10.2 Å². The SMILES string of the molecule is Cc1cc(CNC(=S)Nc2ccn(Cc3c(F)cccc3Cl)n2)nn1C. The number of rotatable bonds is 5. The molecule has 26 heavy (non-hydrogen) atoms. The Hall–Kier alpha value is -2.45. The molecule has 3 aromatic rings. The molecule has 0 aliphatic heterocycles. The summed E-state index contributed by atoms with van der Waals surface area (Å²) in [6.07, 6.45) is 1.73. The third-order valence-corrected chi connectivity index (χ3v) is 4.46. The van der Waals surface area contributed by atoms with Crippen LogP contribution in [0.3, 0.4) is 0 Å². The molecule has 1 aromatic carbocycles. The zero-order valence-electron chi connectivity index (χ0n) is 14.3. The molecule has 0 bridgehead atoms. The first kappa shape index (κ1) is 18.3. The Bertz CT molecular complexity index is 895. The summed E-state index contributed by atoms with van der Waals surface area (Å²) < 4.78 is 17.3. The Morgan fingerprint density at radius 2 is 2.12 bits per heavy atom. The van der Waals surface area contributed by atoms with Gasteiger partial charge in [-0.3, -0.25) is 9.36 Å². The van der Waals surface area contributed by atoms with Crippen LogP contribution >= 0.6 is 23.8 Å². The topological polar surface area (TPSA) is 59.7 Å². The predicted molar refractivity (Wildman–Crippen MR) is 104 cm³/mol. The van der Waals surface area contributed by atoms with Gasteiger partial charge < -0.3 is 10.6 Å². The number of hydrogen-bond acceptors (Lipinski definition) is 3. The normalized spacial score (nSPS) is 10.8. The van der Waals surface area contributed by atoms with Gasteiger partial charge in [0.05, 0.1) is 18.8 Å². The first-order chi connectivity index (χ1) is 12.4. The van der Waals surface area contributed by atoms with Crippen molar-refractivity contribution in [3.8, 4) is 0 Å². The number of hydrogen-bond donors (Lipinski definition) is 2. The largest absolute Gasteiger partial charge is 0.357 e. The van der Waals surface area contributed by atoms with E-state index < -0.39 is 0 Å². The minimum atomic E-state index is -0.356. The van der Waals surface area contributed by atoms with E-state index in [4.69, 9.17) is 23.8 Å². The number of thiocarbonyl (C=S) groups is 1. The van der Waals surface area contributed by atoms with Gasteiger partial charge in [-0.05, 0) is 37.3 Å². The Morgan fingerprint density at radius 1 is 1.31 bits per heavy atom. The highest BCUT2D eigenvalue weighted by Gasteiger charge is 2.09. The van der Waals surface area contributed by atoms with Crippen molar-refractivity contribution in [2.24, 2.45) is 7.05 Å². The fraction of sp³-hybridized carbons (Fsp3) is 0.235. The first-order valence-corrected chi connectivity index (χ1v) is 8.71. The summed E-state index contributed by atoms with van der Waals surface area (Å²) in [6, 6.07) is 8.35. The van der Waals surface area contributed by atoms with Crippen LogP contribution in [0, 0.1) is 12.7 Å². The van der Waals surface area contributed by atoms with Crippen LogP contribution in [0.1, 0.15) is 17.0 Å². The van der Waals surface area contributed by atoms with E-state index in [9.17, 15) is 4.39 Å². The summed E-state index contributed by atoms with van der Waals surface area (Å²) >= 11 is 11.3. The molecule has 0 aliphatic rings. The lowest BCUT2D eigenvalue weighted by Gasteiger charge is -2.08. The van der Waals surface area contributed by atoms with Crippen LogP contribution in [0.5, 0.6) is 0 Å².